The molecular weight excluding hydrogens is 377 g/mol. The zero-order valence-corrected chi connectivity index (χ0v) is 15.7. The first-order chi connectivity index (χ1) is 12.3. The third kappa shape index (κ3) is 2.20. The summed E-state index contributed by atoms with van der Waals surface area (Å²) in [5.74, 6) is -2.49. The monoisotopic (exact) mass is 395 g/mol. The van der Waals surface area contributed by atoms with Crippen molar-refractivity contribution in [1.82, 2.24) is 5.32 Å². The number of halogens is 2. The fourth-order valence-corrected chi connectivity index (χ4v) is 5.56. The molecule has 2 aliphatic carbocycles. The van der Waals surface area contributed by atoms with E-state index in [0.717, 1.165) is 25.7 Å². The van der Waals surface area contributed by atoms with Gasteiger partial charge in [0.2, 0.25) is 0 Å². The Kier molecular flexibility index (Phi) is 4.10. The summed E-state index contributed by atoms with van der Waals surface area (Å²) in [6, 6.07) is 3.35. The summed E-state index contributed by atoms with van der Waals surface area (Å²) in [5, 5.41) is 24.3. The number of amides is 2. The zero-order chi connectivity index (χ0) is 18.8. The van der Waals surface area contributed by atoms with Gasteiger partial charge in [-0.3, -0.25) is 14.9 Å². The van der Waals surface area contributed by atoms with E-state index in [4.69, 9.17) is 23.2 Å². The Bertz CT molecular complexity index is 859. The Hall–Kier alpha value is -1.56. The van der Waals surface area contributed by atoms with E-state index in [0.29, 0.717) is 16.1 Å². The van der Waals surface area contributed by atoms with Gasteiger partial charge in [-0.1, -0.05) is 49.0 Å². The molecule has 1 aromatic rings. The lowest BCUT2D eigenvalue weighted by Crippen LogP contribution is -2.36. The number of hydrogen-bond donors (Lipinski definition) is 3. The number of hydrogen-bond acceptors (Lipinski definition) is 4. The lowest BCUT2D eigenvalue weighted by Gasteiger charge is -2.40. The Morgan fingerprint density at radius 3 is 2.38 bits per heavy atom. The van der Waals surface area contributed by atoms with Gasteiger partial charge in [0.25, 0.3) is 11.8 Å². The number of carbonyl (C=O) groups excluding carboxylic acids is 2. The second-order valence-corrected chi connectivity index (χ2v) is 8.38. The highest BCUT2D eigenvalue weighted by atomic mass is 35.5. The first-order valence-corrected chi connectivity index (χ1v) is 9.48. The standard InChI is InChI=1S/C19H19Cl2NO4/c1-19(8-4-2-3-5-8)13(12-15(23)18(26)22-17(12)25)9-6-7-10(20)14(21)11(9)16(19)24/h6-8,13,16,24H,2-5H2,1H3,(H2,22,23,25,26). The van der Waals surface area contributed by atoms with Gasteiger partial charge in [0.1, 0.15) is 0 Å². The van der Waals surface area contributed by atoms with Crippen molar-refractivity contribution in [2.24, 2.45) is 11.3 Å². The fraction of sp³-hybridized carbons (Fsp3) is 0.474. The van der Waals surface area contributed by atoms with E-state index < -0.39 is 35.0 Å². The molecule has 26 heavy (non-hydrogen) atoms. The highest BCUT2D eigenvalue weighted by Gasteiger charge is 2.58. The molecule has 0 spiro atoms. The molecule has 5 nitrogen and oxygen atoms in total. The maximum absolute atomic E-state index is 12.5. The highest BCUT2D eigenvalue weighted by molar-refractivity contribution is 6.42. The maximum atomic E-state index is 12.5. The molecule has 0 radical (unpaired) electrons. The van der Waals surface area contributed by atoms with E-state index in [1.54, 1.807) is 12.1 Å². The summed E-state index contributed by atoms with van der Waals surface area (Å²) in [4.78, 5) is 24.3. The maximum Gasteiger partial charge on any atom is 0.293 e. The molecule has 2 amide bonds. The van der Waals surface area contributed by atoms with E-state index in [-0.39, 0.29) is 16.5 Å². The molecular formula is C19H19Cl2NO4. The molecule has 1 fully saturated rings. The van der Waals surface area contributed by atoms with Crippen molar-refractivity contribution >= 4 is 35.0 Å². The van der Waals surface area contributed by atoms with Crippen LogP contribution in [0, 0.1) is 11.3 Å². The molecule has 0 aromatic heterocycles. The smallest absolute Gasteiger partial charge is 0.293 e. The predicted molar refractivity (Wildman–Crippen MR) is 97.0 cm³/mol. The van der Waals surface area contributed by atoms with Crippen molar-refractivity contribution in [3.63, 3.8) is 0 Å². The molecule has 1 saturated carbocycles. The molecule has 3 aliphatic rings. The minimum absolute atomic E-state index is 0.0144. The van der Waals surface area contributed by atoms with Crippen LogP contribution in [-0.4, -0.2) is 22.0 Å². The molecule has 0 bridgehead atoms. The molecule has 3 atom stereocenters. The molecule has 1 aliphatic heterocycles. The quantitative estimate of drug-likeness (QED) is 0.664. The van der Waals surface area contributed by atoms with Crippen LogP contribution in [0.5, 0.6) is 0 Å². The summed E-state index contributed by atoms with van der Waals surface area (Å²) < 4.78 is 0. The highest BCUT2D eigenvalue weighted by Crippen LogP contribution is 2.65. The Morgan fingerprint density at radius 2 is 1.81 bits per heavy atom. The Morgan fingerprint density at radius 1 is 1.15 bits per heavy atom. The van der Waals surface area contributed by atoms with Crippen molar-refractivity contribution in [1.29, 1.82) is 0 Å². The summed E-state index contributed by atoms with van der Waals surface area (Å²) >= 11 is 12.6. The van der Waals surface area contributed by atoms with Crippen LogP contribution >= 0.6 is 23.2 Å². The third-order valence-corrected chi connectivity index (χ3v) is 7.25. The molecule has 3 N–H and O–H groups in total. The van der Waals surface area contributed by atoms with E-state index in [1.165, 1.54) is 0 Å². The molecule has 7 heteroatoms. The molecule has 1 aromatic carbocycles. The normalized spacial score (nSPS) is 31.7. The van der Waals surface area contributed by atoms with Gasteiger partial charge in [0, 0.05) is 16.9 Å². The minimum atomic E-state index is -0.944. The summed E-state index contributed by atoms with van der Waals surface area (Å²) in [5.41, 5.74) is 0.387. The second kappa shape index (κ2) is 5.98. The van der Waals surface area contributed by atoms with Crippen LogP contribution in [0.15, 0.2) is 23.5 Å². The average molecular weight is 396 g/mol. The van der Waals surface area contributed by atoms with Gasteiger partial charge in [-0.05, 0) is 30.4 Å². The third-order valence-electron chi connectivity index (χ3n) is 6.43. The number of rotatable bonds is 2. The largest absolute Gasteiger partial charge is 0.503 e. The van der Waals surface area contributed by atoms with Crippen LogP contribution < -0.4 is 5.32 Å². The van der Waals surface area contributed by atoms with Crippen LogP contribution in [-0.2, 0) is 9.59 Å². The van der Waals surface area contributed by atoms with Crippen molar-refractivity contribution in [3.05, 3.63) is 44.6 Å². The first-order valence-electron chi connectivity index (χ1n) is 8.73. The van der Waals surface area contributed by atoms with Gasteiger partial charge < -0.3 is 10.2 Å². The van der Waals surface area contributed by atoms with Crippen LogP contribution in [0.1, 0.15) is 55.8 Å². The van der Waals surface area contributed by atoms with Gasteiger partial charge in [0.05, 0.1) is 21.7 Å². The molecule has 1 heterocycles. The number of fused-ring (bicyclic) bond motifs is 1. The predicted octanol–water partition coefficient (Wildman–Crippen LogP) is 3.79. The molecule has 138 valence electrons. The van der Waals surface area contributed by atoms with Crippen LogP contribution in [0.2, 0.25) is 10.0 Å². The number of imide groups is 1. The van der Waals surface area contributed by atoms with Gasteiger partial charge in [-0.2, -0.15) is 0 Å². The van der Waals surface area contributed by atoms with Gasteiger partial charge in [0.15, 0.2) is 5.76 Å². The average Bonchev–Trinajstić information content (AvgIpc) is 3.26. The number of nitrogens with one attached hydrogen (secondary N) is 1. The zero-order valence-electron chi connectivity index (χ0n) is 14.2. The fourth-order valence-electron chi connectivity index (χ4n) is 5.12. The number of benzene rings is 1. The van der Waals surface area contributed by atoms with E-state index in [2.05, 4.69) is 5.32 Å². The molecule has 3 unspecified atom stereocenters. The summed E-state index contributed by atoms with van der Waals surface area (Å²) in [6.07, 6.45) is 2.96. The van der Waals surface area contributed by atoms with Crippen LogP contribution in [0.4, 0.5) is 0 Å². The summed E-state index contributed by atoms with van der Waals surface area (Å²) in [7, 11) is 0. The van der Waals surface area contributed by atoms with E-state index in [1.807, 2.05) is 6.92 Å². The van der Waals surface area contributed by atoms with E-state index in [9.17, 15) is 19.8 Å². The minimum Gasteiger partial charge on any atom is -0.503 e. The van der Waals surface area contributed by atoms with Crippen molar-refractivity contribution < 1.29 is 19.8 Å². The van der Waals surface area contributed by atoms with Crippen molar-refractivity contribution in [3.8, 4) is 0 Å². The molecule has 4 rings (SSSR count). The van der Waals surface area contributed by atoms with Crippen molar-refractivity contribution in [2.75, 3.05) is 0 Å². The lowest BCUT2D eigenvalue weighted by molar-refractivity contribution is -0.125. The van der Waals surface area contributed by atoms with Gasteiger partial charge in [-0.15, -0.1) is 0 Å². The van der Waals surface area contributed by atoms with E-state index >= 15 is 0 Å². The second-order valence-electron chi connectivity index (χ2n) is 7.59. The number of carbonyl (C=O) groups is 2. The Balaban J connectivity index is 1.98. The number of aliphatic hydroxyl groups excluding tert-OH is 2. The lowest BCUT2D eigenvalue weighted by atomic mass is 9.64. The molecule has 0 saturated heterocycles. The van der Waals surface area contributed by atoms with Crippen LogP contribution in [0.25, 0.3) is 0 Å². The van der Waals surface area contributed by atoms with Crippen molar-refractivity contribution in [2.45, 2.75) is 44.6 Å². The van der Waals surface area contributed by atoms with Crippen LogP contribution in [0.3, 0.4) is 0 Å². The summed E-state index contributed by atoms with van der Waals surface area (Å²) in [6.45, 7) is 1.92. The first kappa shape index (κ1) is 17.8. The Labute approximate surface area is 161 Å². The van der Waals surface area contributed by atoms with Gasteiger partial charge in [-0.25, -0.2) is 0 Å². The SMILES string of the molecule is CC1(C2CCCC2)C(O)c2c(ccc(Cl)c2Cl)C1C1=C(O)C(=O)NC1=O. The number of aliphatic hydroxyl groups is 2. The van der Waals surface area contributed by atoms with Gasteiger partial charge >= 0.3 is 0 Å². The topological polar surface area (TPSA) is 86.6 Å².